The van der Waals surface area contributed by atoms with E-state index in [0.717, 1.165) is 47.2 Å². The van der Waals surface area contributed by atoms with Gasteiger partial charge >= 0.3 is 6.03 Å². The lowest BCUT2D eigenvalue weighted by Gasteiger charge is -2.34. The highest BCUT2D eigenvalue weighted by Gasteiger charge is 2.30. The van der Waals surface area contributed by atoms with Crippen LogP contribution in [0.5, 0.6) is 0 Å². The molecule has 35 heavy (non-hydrogen) atoms. The first-order valence-corrected chi connectivity index (χ1v) is 12.9. The third kappa shape index (κ3) is 3.41. The zero-order valence-corrected chi connectivity index (χ0v) is 20.4. The molecule has 4 aromatic rings. The number of fused-ring (bicyclic) bond motifs is 4. The number of aromatic amines is 1. The molecule has 0 saturated carbocycles. The van der Waals surface area contributed by atoms with Gasteiger partial charge < -0.3 is 14.5 Å². The number of carbonyl (C=O) groups is 1. The molecule has 1 aromatic carbocycles. The second-order valence-electron chi connectivity index (χ2n) is 9.40. The number of aryl methyl sites for hydroxylation is 1. The van der Waals surface area contributed by atoms with Crippen LogP contribution in [-0.2, 0) is 18.2 Å². The zero-order valence-electron chi connectivity index (χ0n) is 19.6. The van der Waals surface area contributed by atoms with Crippen molar-refractivity contribution in [2.75, 3.05) is 39.4 Å². The van der Waals surface area contributed by atoms with Gasteiger partial charge in [-0.3, -0.25) is 9.78 Å². The molecular formula is C26H26N6O2S. The van der Waals surface area contributed by atoms with Gasteiger partial charge in [0.2, 0.25) is 0 Å². The van der Waals surface area contributed by atoms with Gasteiger partial charge in [0, 0.05) is 71.5 Å². The molecule has 5 heterocycles. The fourth-order valence-electron chi connectivity index (χ4n) is 5.40. The molecule has 2 amide bonds. The van der Waals surface area contributed by atoms with E-state index >= 15 is 0 Å². The molecule has 0 bridgehead atoms. The number of rotatable bonds is 2. The van der Waals surface area contributed by atoms with Crippen molar-refractivity contribution in [2.45, 2.75) is 12.8 Å². The largest absolute Gasteiger partial charge is 0.378 e. The van der Waals surface area contributed by atoms with Gasteiger partial charge in [-0.05, 0) is 24.1 Å². The van der Waals surface area contributed by atoms with Gasteiger partial charge in [0.25, 0.3) is 0 Å². The summed E-state index contributed by atoms with van der Waals surface area (Å²) in [6.45, 7) is 4.08. The number of ether oxygens (including phenoxy) is 1. The van der Waals surface area contributed by atoms with Gasteiger partial charge in [-0.15, -0.1) is 11.3 Å². The normalized spacial score (nSPS) is 17.6. The number of urea groups is 1. The van der Waals surface area contributed by atoms with Crippen LogP contribution in [0.4, 0.5) is 4.79 Å². The fourth-order valence-corrected chi connectivity index (χ4v) is 6.65. The average molecular weight is 487 g/mol. The predicted octanol–water partition coefficient (Wildman–Crippen LogP) is 4.14. The predicted molar refractivity (Wildman–Crippen MR) is 136 cm³/mol. The first kappa shape index (κ1) is 20.9. The zero-order chi connectivity index (χ0) is 23.5. The minimum absolute atomic E-state index is 0.135. The number of carbonyl (C=O) groups excluding carboxylic acids is 1. The van der Waals surface area contributed by atoms with Gasteiger partial charge in [0.1, 0.15) is 0 Å². The Morgan fingerprint density at radius 2 is 2.03 bits per heavy atom. The summed E-state index contributed by atoms with van der Waals surface area (Å²) in [5.74, 6) is 0. The highest BCUT2D eigenvalue weighted by molar-refractivity contribution is 7.13. The van der Waals surface area contributed by atoms with E-state index in [9.17, 15) is 4.79 Å². The fraction of sp³-hybridized carbons (Fsp3) is 0.346. The SMILES string of the molecule is Cn1ncc2ccc(-c3n[nH]c4c3Cc3sc(C5=CCN(C(=O)N6CCOCC6)CC5)cc3-4)cc21. The third-order valence-corrected chi connectivity index (χ3v) is 8.59. The highest BCUT2D eigenvalue weighted by atomic mass is 32.1. The standard InChI is InChI=1S/C26H26N6O2S/c1-30-21-12-17(2-3-18(21)15-27-30)24-20-14-23-19(25(20)29-28-24)13-22(35-23)16-4-6-31(7-5-16)26(33)32-8-10-34-11-9-32/h2-4,12-13,15H,5-11,14H2,1H3,(H,28,29). The Kier molecular flexibility index (Phi) is 4.82. The number of nitrogens with zero attached hydrogens (tertiary/aromatic N) is 5. The molecule has 0 atom stereocenters. The number of H-pyrrole nitrogens is 1. The molecule has 9 heteroatoms. The Bertz CT molecular complexity index is 1490. The second-order valence-corrected chi connectivity index (χ2v) is 10.5. The van der Waals surface area contributed by atoms with Gasteiger partial charge in [-0.1, -0.05) is 18.2 Å². The maximum absolute atomic E-state index is 12.8. The van der Waals surface area contributed by atoms with E-state index in [1.807, 2.05) is 39.1 Å². The van der Waals surface area contributed by atoms with E-state index in [4.69, 9.17) is 9.84 Å². The number of amides is 2. The smallest absolute Gasteiger partial charge is 0.320 e. The van der Waals surface area contributed by atoms with Crippen molar-refractivity contribution in [1.82, 2.24) is 29.8 Å². The Morgan fingerprint density at radius 3 is 2.86 bits per heavy atom. The summed E-state index contributed by atoms with van der Waals surface area (Å²) in [5, 5.41) is 13.5. The van der Waals surface area contributed by atoms with E-state index in [2.05, 4.69) is 40.5 Å². The lowest BCUT2D eigenvalue weighted by Crippen LogP contribution is -2.49. The number of hydrogen-bond donors (Lipinski definition) is 1. The van der Waals surface area contributed by atoms with Gasteiger partial charge in [-0.25, -0.2) is 4.79 Å². The Hall–Kier alpha value is -3.43. The number of aromatic nitrogens is 4. The molecule has 2 aliphatic heterocycles. The maximum atomic E-state index is 12.8. The van der Waals surface area contributed by atoms with Crippen LogP contribution in [0.2, 0.25) is 0 Å². The Balaban J connectivity index is 1.12. The molecular weight excluding hydrogens is 460 g/mol. The molecule has 8 nitrogen and oxygen atoms in total. The number of hydrogen-bond acceptors (Lipinski definition) is 5. The maximum Gasteiger partial charge on any atom is 0.320 e. The molecule has 0 radical (unpaired) electrons. The molecule has 1 aliphatic carbocycles. The first-order valence-electron chi connectivity index (χ1n) is 12.1. The summed E-state index contributed by atoms with van der Waals surface area (Å²) in [6, 6.07) is 8.87. The van der Waals surface area contributed by atoms with Crippen molar-refractivity contribution in [3.63, 3.8) is 0 Å². The quantitative estimate of drug-likeness (QED) is 0.407. The number of nitrogens with one attached hydrogen (secondary N) is 1. The molecule has 1 saturated heterocycles. The molecule has 7 rings (SSSR count). The van der Waals surface area contributed by atoms with Crippen molar-refractivity contribution in [3.05, 3.63) is 51.9 Å². The Morgan fingerprint density at radius 1 is 1.14 bits per heavy atom. The van der Waals surface area contributed by atoms with E-state index in [1.165, 1.54) is 26.5 Å². The lowest BCUT2D eigenvalue weighted by molar-refractivity contribution is 0.0441. The highest BCUT2D eigenvalue weighted by Crippen LogP contribution is 2.46. The minimum Gasteiger partial charge on any atom is -0.378 e. The topological polar surface area (TPSA) is 79.3 Å². The van der Waals surface area contributed by atoms with Crippen LogP contribution >= 0.6 is 11.3 Å². The van der Waals surface area contributed by atoms with Gasteiger partial charge in [0.15, 0.2) is 0 Å². The molecule has 3 aromatic heterocycles. The second kappa shape index (κ2) is 8.07. The van der Waals surface area contributed by atoms with Gasteiger partial charge in [-0.2, -0.15) is 10.2 Å². The van der Waals surface area contributed by atoms with Gasteiger partial charge in [0.05, 0.1) is 36.3 Å². The van der Waals surface area contributed by atoms with Crippen molar-refractivity contribution in [1.29, 1.82) is 0 Å². The van der Waals surface area contributed by atoms with Crippen molar-refractivity contribution in [2.24, 2.45) is 7.05 Å². The van der Waals surface area contributed by atoms with Crippen molar-refractivity contribution in [3.8, 4) is 22.5 Å². The van der Waals surface area contributed by atoms with Crippen LogP contribution in [0.25, 0.3) is 39.0 Å². The monoisotopic (exact) mass is 486 g/mol. The van der Waals surface area contributed by atoms with E-state index in [1.54, 1.807) is 0 Å². The van der Waals surface area contributed by atoms with Crippen LogP contribution in [0, 0.1) is 0 Å². The van der Waals surface area contributed by atoms with Crippen molar-refractivity contribution < 1.29 is 9.53 Å². The minimum atomic E-state index is 0.135. The molecule has 1 fully saturated rings. The van der Waals surface area contributed by atoms with Crippen LogP contribution in [0.15, 0.2) is 36.5 Å². The molecule has 0 unspecified atom stereocenters. The van der Waals surface area contributed by atoms with Crippen LogP contribution in [0.1, 0.15) is 21.7 Å². The summed E-state index contributed by atoms with van der Waals surface area (Å²) in [4.78, 5) is 19.4. The number of benzene rings is 1. The summed E-state index contributed by atoms with van der Waals surface area (Å²) in [6.07, 6.45) is 5.91. The summed E-state index contributed by atoms with van der Waals surface area (Å²) in [7, 11) is 1.97. The molecule has 3 aliphatic rings. The lowest BCUT2D eigenvalue weighted by atomic mass is 10.0. The number of thiophene rings is 1. The first-order chi connectivity index (χ1) is 17.2. The summed E-state index contributed by atoms with van der Waals surface area (Å²) >= 11 is 1.88. The summed E-state index contributed by atoms with van der Waals surface area (Å²) < 4.78 is 7.28. The van der Waals surface area contributed by atoms with E-state index in [0.29, 0.717) is 32.8 Å². The molecule has 0 spiro atoms. The molecule has 1 N–H and O–H groups in total. The average Bonchev–Trinajstić information content (AvgIpc) is 3.66. The van der Waals surface area contributed by atoms with Crippen molar-refractivity contribution >= 4 is 33.8 Å². The number of morpholine rings is 1. The molecule has 178 valence electrons. The van der Waals surface area contributed by atoms with E-state index in [-0.39, 0.29) is 6.03 Å². The van der Waals surface area contributed by atoms with Crippen LogP contribution < -0.4 is 0 Å². The Labute approximate surface area is 206 Å². The summed E-state index contributed by atoms with van der Waals surface area (Å²) in [5.41, 5.74) is 8.30. The third-order valence-electron chi connectivity index (χ3n) is 7.38. The van der Waals surface area contributed by atoms with Crippen LogP contribution in [0.3, 0.4) is 0 Å². The van der Waals surface area contributed by atoms with E-state index < -0.39 is 0 Å². The van der Waals surface area contributed by atoms with Crippen LogP contribution in [-0.4, -0.2) is 75.2 Å².